The number of hydrogen-bond acceptors (Lipinski definition) is 2. The molecular weight excluding hydrogens is 278 g/mol. The van der Waals surface area contributed by atoms with Gasteiger partial charge in [-0.3, -0.25) is 0 Å². The zero-order chi connectivity index (χ0) is 15.1. The first kappa shape index (κ1) is 15.5. The number of rotatable bonds is 4. The molecule has 0 bridgehead atoms. The molecule has 1 aromatic carbocycles. The van der Waals surface area contributed by atoms with Crippen molar-refractivity contribution in [3.8, 4) is 5.75 Å². The minimum absolute atomic E-state index is 0.101. The predicted octanol–water partition coefficient (Wildman–Crippen LogP) is 3.37. The second kappa shape index (κ2) is 7.81. The van der Waals surface area contributed by atoms with Crippen molar-refractivity contribution in [1.29, 1.82) is 0 Å². The first-order valence-corrected chi connectivity index (χ1v) is 7.22. The van der Waals surface area contributed by atoms with Crippen molar-refractivity contribution in [3.05, 3.63) is 29.8 Å². The molecule has 1 fully saturated rings. The van der Waals surface area contributed by atoms with Gasteiger partial charge in [0.2, 0.25) is 0 Å². The average molecular weight is 298 g/mol. The van der Waals surface area contributed by atoms with E-state index in [2.05, 4.69) is 10.1 Å². The molecule has 1 heterocycles. The zero-order valence-electron chi connectivity index (χ0n) is 11.9. The van der Waals surface area contributed by atoms with E-state index in [1.807, 2.05) is 0 Å². The molecular formula is C15H20F2N2O2. The van der Waals surface area contributed by atoms with Gasteiger partial charge in [-0.05, 0) is 18.9 Å². The Bertz CT molecular complexity index is 461. The van der Waals surface area contributed by atoms with Gasteiger partial charge in [0.25, 0.3) is 0 Å². The molecule has 2 rings (SSSR count). The number of alkyl halides is 2. The summed E-state index contributed by atoms with van der Waals surface area (Å²) in [6, 6.07) is 6.34. The van der Waals surface area contributed by atoms with Gasteiger partial charge < -0.3 is 15.0 Å². The van der Waals surface area contributed by atoms with Crippen LogP contribution in [0.1, 0.15) is 31.2 Å². The summed E-state index contributed by atoms with van der Waals surface area (Å²) in [6.45, 7) is -1.19. The Kier molecular flexibility index (Phi) is 5.78. The molecule has 1 aliphatic heterocycles. The van der Waals surface area contributed by atoms with E-state index in [9.17, 15) is 13.6 Å². The largest absolute Gasteiger partial charge is 0.434 e. The molecule has 1 N–H and O–H groups in total. The van der Waals surface area contributed by atoms with Crippen molar-refractivity contribution < 1.29 is 18.3 Å². The Balaban J connectivity index is 1.91. The fourth-order valence-corrected chi connectivity index (χ4v) is 2.42. The summed E-state index contributed by atoms with van der Waals surface area (Å²) in [6.07, 6.45) is 4.32. The molecule has 1 aromatic rings. The maximum atomic E-state index is 12.3. The van der Waals surface area contributed by atoms with Crippen LogP contribution >= 0.6 is 0 Å². The van der Waals surface area contributed by atoms with Gasteiger partial charge in [0.05, 0.1) is 0 Å². The Morgan fingerprint density at radius 1 is 1.19 bits per heavy atom. The van der Waals surface area contributed by atoms with Crippen LogP contribution in [0, 0.1) is 0 Å². The summed E-state index contributed by atoms with van der Waals surface area (Å²) in [4.78, 5) is 13.9. The highest BCUT2D eigenvalue weighted by molar-refractivity contribution is 5.74. The molecule has 0 spiro atoms. The lowest BCUT2D eigenvalue weighted by atomic mass is 10.2. The minimum atomic E-state index is -2.87. The Morgan fingerprint density at radius 2 is 1.86 bits per heavy atom. The van der Waals surface area contributed by atoms with Crippen molar-refractivity contribution in [3.63, 3.8) is 0 Å². The number of nitrogens with zero attached hydrogens (tertiary/aromatic N) is 1. The number of ether oxygens (including phenoxy) is 1. The van der Waals surface area contributed by atoms with Crippen LogP contribution in [-0.4, -0.2) is 30.6 Å². The first-order chi connectivity index (χ1) is 10.2. The first-order valence-electron chi connectivity index (χ1n) is 7.22. The van der Waals surface area contributed by atoms with Crippen molar-refractivity contribution in [2.75, 3.05) is 13.1 Å². The van der Waals surface area contributed by atoms with Crippen LogP contribution in [0.5, 0.6) is 5.75 Å². The van der Waals surface area contributed by atoms with E-state index in [0.717, 1.165) is 38.8 Å². The molecule has 0 radical (unpaired) electrons. The minimum Gasteiger partial charge on any atom is -0.434 e. The van der Waals surface area contributed by atoms with Crippen LogP contribution < -0.4 is 10.1 Å². The second-order valence-corrected chi connectivity index (χ2v) is 5.05. The topological polar surface area (TPSA) is 41.6 Å². The smallest absolute Gasteiger partial charge is 0.387 e. The third-order valence-electron chi connectivity index (χ3n) is 3.51. The Labute approximate surface area is 123 Å². The van der Waals surface area contributed by atoms with Gasteiger partial charge in [-0.15, -0.1) is 0 Å². The number of urea groups is 1. The fraction of sp³-hybridized carbons (Fsp3) is 0.533. The summed E-state index contributed by atoms with van der Waals surface area (Å²) in [7, 11) is 0. The number of nitrogens with one attached hydrogen (secondary N) is 1. The SMILES string of the molecule is O=C(NCc1ccccc1OC(F)F)N1CCCCCC1. The van der Waals surface area contributed by atoms with Crippen molar-refractivity contribution >= 4 is 6.03 Å². The van der Waals surface area contributed by atoms with Crippen LogP contribution in [0.25, 0.3) is 0 Å². The quantitative estimate of drug-likeness (QED) is 0.926. The summed E-state index contributed by atoms with van der Waals surface area (Å²) in [5.41, 5.74) is 0.543. The van der Waals surface area contributed by atoms with E-state index in [4.69, 9.17) is 0 Å². The molecule has 0 saturated carbocycles. The maximum absolute atomic E-state index is 12.3. The van der Waals surface area contributed by atoms with Gasteiger partial charge in [0, 0.05) is 25.2 Å². The molecule has 0 aromatic heterocycles. The normalized spacial score (nSPS) is 15.7. The van der Waals surface area contributed by atoms with Crippen molar-refractivity contribution in [1.82, 2.24) is 10.2 Å². The van der Waals surface area contributed by atoms with E-state index >= 15 is 0 Å². The van der Waals surface area contributed by atoms with E-state index in [-0.39, 0.29) is 18.3 Å². The lowest BCUT2D eigenvalue weighted by Gasteiger charge is -2.21. The zero-order valence-corrected chi connectivity index (χ0v) is 11.9. The van der Waals surface area contributed by atoms with E-state index in [0.29, 0.717) is 5.56 Å². The van der Waals surface area contributed by atoms with Gasteiger partial charge >= 0.3 is 12.6 Å². The number of amides is 2. The van der Waals surface area contributed by atoms with Gasteiger partial charge in [-0.1, -0.05) is 31.0 Å². The molecule has 0 unspecified atom stereocenters. The van der Waals surface area contributed by atoms with E-state index < -0.39 is 6.61 Å². The highest BCUT2D eigenvalue weighted by Crippen LogP contribution is 2.20. The standard InChI is InChI=1S/C15H20F2N2O2/c16-14(17)21-13-8-4-3-7-12(13)11-18-15(20)19-9-5-1-2-6-10-19/h3-4,7-8,14H,1-2,5-6,9-11H2,(H,18,20). The summed E-state index contributed by atoms with van der Waals surface area (Å²) < 4.78 is 29.1. The van der Waals surface area contributed by atoms with Crippen molar-refractivity contribution in [2.45, 2.75) is 38.8 Å². The lowest BCUT2D eigenvalue weighted by Crippen LogP contribution is -2.40. The van der Waals surface area contributed by atoms with Crippen LogP contribution in [0.15, 0.2) is 24.3 Å². The average Bonchev–Trinajstić information content (AvgIpc) is 2.74. The molecule has 0 aliphatic carbocycles. The third kappa shape index (κ3) is 4.88. The number of hydrogen-bond donors (Lipinski definition) is 1. The van der Waals surface area contributed by atoms with Crippen LogP contribution in [0.4, 0.5) is 13.6 Å². The summed E-state index contributed by atoms with van der Waals surface area (Å²) in [5.74, 6) is 0.101. The molecule has 6 heteroatoms. The molecule has 21 heavy (non-hydrogen) atoms. The third-order valence-corrected chi connectivity index (χ3v) is 3.51. The molecule has 1 aliphatic rings. The number of carbonyl (C=O) groups excluding carboxylic acids is 1. The molecule has 116 valence electrons. The van der Waals surface area contributed by atoms with Gasteiger partial charge in [-0.2, -0.15) is 8.78 Å². The van der Waals surface area contributed by atoms with Gasteiger partial charge in [0.1, 0.15) is 5.75 Å². The van der Waals surface area contributed by atoms with Crippen LogP contribution in [0.3, 0.4) is 0 Å². The molecule has 0 atom stereocenters. The maximum Gasteiger partial charge on any atom is 0.387 e. The highest BCUT2D eigenvalue weighted by Gasteiger charge is 2.16. The number of halogens is 2. The Morgan fingerprint density at radius 3 is 2.52 bits per heavy atom. The highest BCUT2D eigenvalue weighted by atomic mass is 19.3. The lowest BCUT2D eigenvalue weighted by molar-refractivity contribution is -0.0504. The summed E-state index contributed by atoms with van der Waals surface area (Å²) in [5, 5.41) is 2.77. The van der Waals surface area contributed by atoms with Gasteiger partial charge in [-0.25, -0.2) is 4.79 Å². The second-order valence-electron chi connectivity index (χ2n) is 5.05. The van der Waals surface area contributed by atoms with Gasteiger partial charge in [0.15, 0.2) is 0 Å². The van der Waals surface area contributed by atoms with E-state index in [1.165, 1.54) is 6.07 Å². The Hall–Kier alpha value is -1.85. The van der Waals surface area contributed by atoms with Crippen molar-refractivity contribution in [2.24, 2.45) is 0 Å². The number of carbonyl (C=O) groups is 1. The fourth-order valence-electron chi connectivity index (χ4n) is 2.42. The number of likely N-dealkylation sites (tertiary alicyclic amines) is 1. The molecule has 1 saturated heterocycles. The monoisotopic (exact) mass is 298 g/mol. The number of benzene rings is 1. The summed E-state index contributed by atoms with van der Waals surface area (Å²) >= 11 is 0. The molecule has 4 nitrogen and oxygen atoms in total. The molecule has 2 amide bonds. The predicted molar refractivity (Wildman–Crippen MR) is 75.4 cm³/mol. The van der Waals surface area contributed by atoms with E-state index in [1.54, 1.807) is 23.1 Å². The van der Waals surface area contributed by atoms with Crippen LogP contribution in [-0.2, 0) is 6.54 Å². The number of para-hydroxylation sites is 1. The van der Waals surface area contributed by atoms with Crippen LogP contribution in [0.2, 0.25) is 0 Å².